The normalized spacial score (nSPS) is 15.7. The number of methoxy groups -OCH3 is 1. The molecule has 106 valence electrons. The SMILES string of the molecule is COc1cc(NCCCC2CCCC2)c(F)cc1N. The number of rotatable bonds is 6. The van der Waals surface area contributed by atoms with Crippen LogP contribution in [0.4, 0.5) is 15.8 Å². The van der Waals surface area contributed by atoms with E-state index >= 15 is 0 Å². The molecule has 0 atom stereocenters. The van der Waals surface area contributed by atoms with E-state index in [0.717, 1.165) is 18.9 Å². The van der Waals surface area contributed by atoms with E-state index in [9.17, 15) is 4.39 Å². The maximum atomic E-state index is 13.7. The van der Waals surface area contributed by atoms with Crippen LogP contribution in [-0.2, 0) is 0 Å². The van der Waals surface area contributed by atoms with Gasteiger partial charge in [0.1, 0.15) is 11.6 Å². The summed E-state index contributed by atoms with van der Waals surface area (Å²) in [5.41, 5.74) is 6.45. The van der Waals surface area contributed by atoms with Crippen LogP contribution in [-0.4, -0.2) is 13.7 Å². The minimum absolute atomic E-state index is 0.320. The van der Waals surface area contributed by atoms with Gasteiger partial charge in [0.2, 0.25) is 0 Å². The molecule has 0 aromatic heterocycles. The number of hydrogen-bond donors (Lipinski definition) is 2. The van der Waals surface area contributed by atoms with Crippen LogP contribution in [0.1, 0.15) is 38.5 Å². The van der Waals surface area contributed by atoms with Crippen LogP contribution in [0.25, 0.3) is 0 Å². The van der Waals surface area contributed by atoms with E-state index < -0.39 is 0 Å². The van der Waals surface area contributed by atoms with Gasteiger partial charge in [-0.2, -0.15) is 0 Å². The van der Waals surface area contributed by atoms with Crippen molar-refractivity contribution in [3.05, 3.63) is 17.9 Å². The van der Waals surface area contributed by atoms with Gasteiger partial charge in [0.15, 0.2) is 0 Å². The second-order valence-corrected chi connectivity index (χ2v) is 5.29. The monoisotopic (exact) mass is 266 g/mol. The first-order chi connectivity index (χ1) is 9.20. The minimum atomic E-state index is -0.320. The molecule has 0 saturated heterocycles. The Kier molecular flexibility index (Phi) is 4.88. The van der Waals surface area contributed by atoms with E-state index in [4.69, 9.17) is 10.5 Å². The lowest BCUT2D eigenvalue weighted by molar-refractivity contribution is 0.416. The molecule has 1 aromatic carbocycles. The fraction of sp³-hybridized carbons (Fsp3) is 0.600. The Morgan fingerprint density at radius 2 is 2.11 bits per heavy atom. The van der Waals surface area contributed by atoms with Gasteiger partial charge in [-0.3, -0.25) is 0 Å². The maximum Gasteiger partial charge on any atom is 0.148 e. The van der Waals surface area contributed by atoms with Crippen LogP contribution in [0, 0.1) is 11.7 Å². The predicted octanol–water partition coefficient (Wildman–Crippen LogP) is 3.80. The highest BCUT2D eigenvalue weighted by Crippen LogP contribution is 2.30. The minimum Gasteiger partial charge on any atom is -0.495 e. The van der Waals surface area contributed by atoms with E-state index in [2.05, 4.69) is 5.32 Å². The summed E-state index contributed by atoms with van der Waals surface area (Å²) in [6.07, 6.45) is 7.80. The van der Waals surface area contributed by atoms with Crippen LogP contribution in [0.15, 0.2) is 12.1 Å². The molecule has 3 nitrogen and oxygen atoms in total. The Morgan fingerprint density at radius 3 is 2.79 bits per heavy atom. The maximum absolute atomic E-state index is 13.7. The van der Waals surface area contributed by atoms with E-state index in [1.807, 2.05) is 0 Å². The molecule has 1 aliphatic carbocycles. The second-order valence-electron chi connectivity index (χ2n) is 5.29. The molecule has 4 heteroatoms. The zero-order valence-corrected chi connectivity index (χ0v) is 11.5. The Labute approximate surface area is 114 Å². The number of benzene rings is 1. The zero-order chi connectivity index (χ0) is 13.7. The summed E-state index contributed by atoms with van der Waals surface area (Å²) in [5, 5.41) is 3.13. The molecule has 2 rings (SSSR count). The highest BCUT2D eigenvalue weighted by molar-refractivity contribution is 5.62. The average molecular weight is 266 g/mol. The van der Waals surface area contributed by atoms with Gasteiger partial charge in [-0.1, -0.05) is 25.7 Å². The van der Waals surface area contributed by atoms with Crippen molar-refractivity contribution in [1.82, 2.24) is 0 Å². The molecule has 0 radical (unpaired) electrons. The smallest absolute Gasteiger partial charge is 0.148 e. The molecular formula is C15H23FN2O. The van der Waals surface area contributed by atoms with Gasteiger partial charge in [-0.15, -0.1) is 0 Å². The van der Waals surface area contributed by atoms with Gasteiger partial charge in [0, 0.05) is 18.7 Å². The first kappa shape index (κ1) is 14.0. The summed E-state index contributed by atoms with van der Waals surface area (Å²) in [4.78, 5) is 0. The summed E-state index contributed by atoms with van der Waals surface area (Å²) in [6, 6.07) is 2.93. The lowest BCUT2D eigenvalue weighted by Gasteiger charge is -2.12. The molecule has 1 fully saturated rings. The van der Waals surface area contributed by atoms with Gasteiger partial charge >= 0.3 is 0 Å². The first-order valence-corrected chi connectivity index (χ1v) is 7.07. The molecule has 0 aliphatic heterocycles. The largest absolute Gasteiger partial charge is 0.495 e. The van der Waals surface area contributed by atoms with Crippen molar-refractivity contribution >= 4 is 11.4 Å². The van der Waals surface area contributed by atoms with E-state index in [0.29, 0.717) is 17.1 Å². The van der Waals surface area contributed by atoms with Crippen molar-refractivity contribution in [3.8, 4) is 5.75 Å². The highest BCUT2D eigenvalue weighted by atomic mass is 19.1. The number of nitrogens with one attached hydrogen (secondary N) is 1. The lowest BCUT2D eigenvalue weighted by Crippen LogP contribution is -2.06. The Balaban J connectivity index is 1.81. The molecule has 0 bridgehead atoms. The van der Waals surface area contributed by atoms with Crippen LogP contribution in [0.2, 0.25) is 0 Å². The summed E-state index contributed by atoms with van der Waals surface area (Å²) in [7, 11) is 1.54. The molecule has 19 heavy (non-hydrogen) atoms. The fourth-order valence-electron chi connectivity index (χ4n) is 2.79. The summed E-state index contributed by atoms with van der Waals surface area (Å²) in [6.45, 7) is 0.792. The molecule has 0 amide bonds. The molecule has 0 unspecified atom stereocenters. The third kappa shape index (κ3) is 3.75. The van der Waals surface area contributed by atoms with Gasteiger partial charge < -0.3 is 15.8 Å². The fourth-order valence-corrected chi connectivity index (χ4v) is 2.79. The third-order valence-electron chi connectivity index (χ3n) is 3.90. The van der Waals surface area contributed by atoms with Crippen LogP contribution in [0.5, 0.6) is 5.75 Å². The summed E-state index contributed by atoms with van der Waals surface area (Å²) in [5.74, 6) is 1.08. The van der Waals surface area contributed by atoms with E-state index in [1.54, 1.807) is 6.07 Å². The van der Waals surface area contributed by atoms with Gasteiger partial charge in [-0.05, 0) is 18.8 Å². The van der Waals surface area contributed by atoms with Crippen molar-refractivity contribution in [2.45, 2.75) is 38.5 Å². The highest BCUT2D eigenvalue weighted by Gasteiger charge is 2.14. The van der Waals surface area contributed by atoms with Gasteiger partial charge in [0.05, 0.1) is 18.5 Å². The number of anilines is 2. The van der Waals surface area contributed by atoms with Crippen molar-refractivity contribution in [2.75, 3.05) is 24.7 Å². The van der Waals surface area contributed by atoms with Crippen molar-refractivity contribution < 1.29 is 9.13 Å². The Morgan fingerprint density at radius 1 is 1.37 bits per heavy atom. The van der Waals surface area contributed by atoms with E-state index in [1.165, 1.54) is 45.3 Å². The molecule has 0 spiro atoms. The summed E-state index contributed by atoms with van der Waals surface area (Å²) >= 11 is 0. The second kappa shape index (κ2) is 6.64. The topological polar surface area (TPSA) is 47.3 Å². The first-order valence-electron chi connectivity index (χ1n) is 7.07. The number of nitrogens with two attached hydrogens (primary N) is 1. The Bertz CT molecular complexity index is 417. The predicted molar refractivity (Wildman–Crippen MR) is 77.0 cm³/mol. The van der Waals surface area contributed by atoms with E-state index in [-0.39, 0.29) is 5.82 Å². The molecule has 1 aliphatic rings. The number of ether oxygens (including phenoxy) is 1. The molecule has 3 N–H and O–H groups in total. The third-order valence-corrected chi connectivity index (χ3v) is 3.90. The molecule has 0 heterocycles. The molecular weight excluding hydrogens is 243 g/mol. The number of halogens is 1. The van der Waals surface area contributed by atoms with Crippen LogP contribution < -0.4 is 15.8 Å². The van der Waals surface area contributed by atoms with Crippen molar-refractivity contribution in [3.63, 3.8) is 0 Å². The quantitative estimate of drug-likeness (QED) is 0.608. The molecule has 1 aromatic rings. The summed E-state index contributed by atoms with van der Waals surface area (Å²) < 4.78 is 18.8. The average Bonchev–Trinajstić information content (AvgIpc) is 2.90. The van der Waals surface area contributed by atoms with Crippen LogP contribution in [0.3, 0.4) is 0 Å². The number of nitrogen functional groups attached to an aromatic ring is 1. The molecule has 1 saturated carbocycles. The van der Waals surface area contributed by atoms with Crippen molar-refractivity contribution in [1.29, 1.82) is 0 Å². The zero-order valence-electron chi connectivity index (χ0n) is 11.5. The van der Waals surface area contributed by atoms with Gasteiger partial charge in [-0.25, -0.2) is 4.39 Å². The van der Waals surface area contributed by atoms with Crippen molar-refractivity contribution in [2.24, 2.45) is 5.92 Å². The van der Waals surface area contributed by atoms with Gasteiger partial charge in [0.25, 0.3) is 0 Å². The van der Waals surface area contributed by atoms with Crippen LogP contribution >= 0.6 is 0 Å². The lowest BCUT2D eigenvalue weighted by atomic mass is 10.0. The Hall–Kier alpha value is -1.45. The number of hydrogen-bond acceptors (Lipinski definition) is 3. The standard InChI is InChI=1S/C15H23FN2O/c1-19-15-10-14(12(16)9-13(15)17)18-8-4-7-11-5-2-3-6-11/h9-11,18H,2-8,17H2,1H3.